The third-order valence-electron chi connectivity index (χ3n) is 4.32. The van der Waals surface area contributed by atoms with E-state index in [4.69, 9.17) is 9.15 Å². The molecule has 0 saturated carbocycles. The van der Waals surface area contributed by atoms with Crippen LogP contribution in [0.5, 0.6) is 0 Å². The van der Waals surface area contributed by atoms with Gasteiger partial charge in [-0.15, -0.1) is 32.9 Å². The summed E-state index contributed by atoms with van der Waals surface area (Å²) in [4.78, 5) is 17.1. The van der Waals surface area contributed by atoms with Gasteiger partial charge in [-0.05, 0) is 41.3 Å². The van der Waals surface area contributed by atoms with Gasteiger partial charge in [0.25, 0.3) is 11.8 Å². The third-order valence-corrected chi connectivity index (χ3v) is 6.30. The first kappa shape index (κ1) is 20.4. The van der Waals surface area contributed by atoms with E-state index in [9.17, 15) is 9.18 Å². The first-order valence-electron chi connectivity index (χ1n) is 9.14. The highest BCUT2D eigenvalue weighted by Gasteiger charge is 2.21. The topological polar surface area (TPSA) is 68.5 Å². The molecule has 0 N–H and O–H groups in total. The van der Waals surface area contributed by atoms with Gasteiger partial charge < -0.3 is 14.1 Å². The van der Waals surface area contributed by atoms with E-state index in [1.54, 1.807) is 30.2 Å². The van der Waals surface area contributed by atoms with Crippen molar-refractivity contribution in [2.24, 2.45) is 0 Å². The van der Waals surface area contributed by atoms with Gasteiger partial charge in [0, 0.05) is 18.5 Å². The van der Waals surface area contributed by atoms with Crippen LogP contribution in [0.3, 0.4) is 0 Å². The number of ether oxygens (including phenoxy) is 1. The van der Waals surface area contributed by atoms with E-state index in [0.29, 0.717) is 29.8 Å². The van der Waals surface area contributed by atoms with Crippen LogP contribution in [0.4, 0.5) is 4.39 Å². The quantitative estimate of drug-likeness (QED) is 0.385. The molecule has 9 heteroatoms. The van der Waals surface area contributed by atoms with E-state index in [0.717, 1.165) is 15.3 Å². The Morgan fingerprint density at radius 2 is 1.97 bits per heavy atom. The Morgan fingerprint density at radius 1 is 1.13 bits per heavy atom. The summed E-state index contributed by atoms with van der Waals surface area (Å²) < 4.78 is 24.1. The Kier molecular flexibility index (Phi) is 6.32. The Hall–Kier alpha value is -2.88. The van der Waals surface area contributed by atoms with Gasteiger partial charge in [0.15, 0.2) is 0 Å². The first-order valence-corrected chi connectivity index (χ1v) is 10.8. The Bertz CT molecular complexity index is 1110. The average Bonchev–Trinajstić information content (AvgIpc) is 3.52. The lowest BCUT2D eigenvalue weighted by atomic mass is 10.2. The van der Waals surface area contributed by atoms with Crippen LogP contribution in [0.1, 0.15) is 15.6 Å². The normalized spacial score (nSPS) is 11.0. The van der Waals surface area contributed by atoms with Crippen molar-refractivity contribution in [1.82, 2.24) is 15.1 Å². The summed E-state index contributed by atoms with van der Waals surface area (Å²) in [5, 5.41) is 10.1. The zero-order valence-corrected chi connectivity index (χ0v) is 17.7. The fraction of sp³-hybridized carbons (Fsp3) is 0.190. The van der Waals surface area contributed by atoms with Crippen molar-refractivity contribution in [1.29, 1.82) is 0 Å². The van der Waals surface area contributed by atoms with Crippen LogP contribution in [-0.4, -0.2) is 41.3 Å². The second-order valence-electron chi connectivity index (χ2n) is 6.37. The summed E-state index contributed by atoms with van der Waals surface area (Å²) in [5.41, 5.74) is 0.862. The number of hydrogen-bond donors (Lipinski definition) is 0. The minimum Gasteiger partial charge on any atom is -0.418 e. The summed E-state index contributed by atoms with van der Waals surface area (Å²) >= 11 is 2.86. The zero-order valence-electron chi connectivity index (χ0n) is 16.1. The molecule has 4 rings (SSSR count). The lowest BCUT2D eigenvalue weighted by Crippen LogP contribution is -2.33. The molecule has 0 aliphatic heterocycles. The highest BCUT2D eigenvalue weighted by molar-refractivity contribution is 7.17. The van der Waals surface area contributed by atoms with Crippen LogP contribution >= 0.6 is 22.7 Å². The molecule has 1 aromatic carbocycles. The summed E-state index contributed by atoms with van der Waals surface area (Å²) in [6.45, 7) is 0.952. The van der Waals surface area contributed by atoms with E-state index < -0.39 is 0 Å². The van der Waals surface area contributed by atoms with Crippen molar-refractivity contribution in [2.45, 2.75) is 6.54 Å². The number of thiophene rings is 2. The molecule has 0 saturated heterocycles. The number of aromatic nitrogens is 2. The number of carbonyl (C=O) groups excluding carboxylic acids is 1. The molecule has 0 aliphatic rings. The Morgan fingerprint density at radius 3 is 2.70 bits per heavy atom. The van der Waals surface area contributed by atoms with Gasteiger partial charge in [0.05, 0.1) is 22.9 Å². The van der Waals surface area contributed by atoms with E-state index in [1.807, 2.05) is 23.6 Å². The van der Waals surface area contributed by atoms with Gasteiger partial charge in [0.1, 0.15) is 5.82 Å². The highest BCUT2D eigenvalue weighted by Crippen LogP contribution is 2.29. The van der Waals surface area contributed by atoms with Crippen LogP contribution in [0.15, 0.2) is 58.3 Å². The predicted molar refractivity (Wildman–Crippen MR) is 114 cm³/mol. The molecule has 0 bridgehead atoms. The summed E-state index contributed by atoms with van der Waals surface area (Å²) in [6.07, 6.45) is 0. The predicted octanol–water partition coefficient (Wildman–Crippen LogP) is 4.95. The van der Waals surface area contributed by atoms with E-state index >= 15 is 0 Å². The lowest BCUT2D eigenvalue weighted by molar-refractivity contribution is 0.0668. The van der Waals surface area contributed by atoms with E-state index in [1.165, 1.54) is 34.8 Å². The first-order chi connectivity index (χ1) is 14.6. The standard InChI is InChI=1S/C21H18FN3O3S2/c1-27-11-10-25(13-19-23-24-20(28-19)17-3-2-12-29-17)21(26)18-9-8-16(30-18)14-4-6-15(22)7-5-14/h2-9,12H,10-11,13H2,1H3. The van der Waals surface area contributed by atoms with Crippen LogP contribution in [0.2, 0.25) is 0 Å². The molecule has 0 radical (unpaired) electrons. The smallest absolute Gasteiger partial charge is 0.264 e. The maximum atomic E-state index is 13.2. The van der Waals surface area contributed by atoms with Crippen LogP contribution in [0, 0.1) is 5.82 Å². The van der Waals surface area contributed by atoms with Crippen molar-refractivity contribution in [3.63, 3.8) is 0 Å². The number of methoxy groups -OCH3 is 1. The molecule has 6 nitrogen and oxygen atoms in total. The van der Waals surface area contributed by atoms with Crippen molar-refractivity contribution >= 4 is 28.6 Å². The summed E-state index contributed by atoms with van der Waals surface area (Å²) in [7, 11) is 1.59. The number of carbonyl (C=O) groups is 1. The minimum absolute atomic E-state index is 0.152. The molecule has 0 unspecified atom stereocenters. The number of hydrogen-bond acceptors (Lipinski definition) is 7. The van der Waals surface area contributed by atoms with Crippen LogP contribution in [-0.2, 0) is 11.3 Å². The lowest BCUT2D eigenvalue weighted by Gasteiger charge is -2.19. The second-order valence-corrected chi connectivity index (χ2v) is 8.40. The molecule has 0 spiro atoms. The molecule has 3 aromatic heterocycles. The van der Waals surface area contributed by atoms with Crippen molar-refractivity contribution in [3.8, 4) is 21.2 Å². The van der Waals surface area contributed by atoms with E-state index in [-0.39, 0.29) is 18.3 Å². The minimum atomic E-state index is -0.293. The SMILES string of the molecule is COCCN(Cc1nnc(-c2cccs2)o1)C(=O)c1ccc(-c2ccc(F)cc2)s1. The molecular formula is C21H18FN3O3S2. The number of halogens is 1. The zero-order chi connectivity index (χ0) is 20.9. The maximum Gasteiger partial charge on any atom is 0.264 e. The molecular weight excluding hydrogens is 425 g/mol. The molecule has 4 aromatic rings. The molecule has 3 heterocycles. The van der Waals surface area contributed by atoms with Gasteiger partial charge in [-0.25, -0.2) is 4.39 Å². The van der Waals surface area contributed by atoms with E-state index in [2.05, 4.69) is 10.2 Å². The molecule has 0 fully saturated rings. The fourth-order valence-corrected chi connectivity index (χ4v) is 4.44. The Balaban J connectivity index is 1.52. The Labute approximate surface area is 180 Å². The number of rotatable bonds is 8. The van der Waals surface area contributed by atoms with Crippen molar-refractivity contribution < 1.29 is 18.3 Å². The molecule has 0 atom stereocenters. The largest absolute Gasteiger partial charge is 0.418 e. The molecule has 1 amide bonds. The van der Waals surface area contributed by atoms with Crippen LogP contribution in [0.25, 0.3) is 21.2 Å². The maximum absolute atomic E-state index is 13.2. The van der Waals surface area contributed by atoms with Gasteiger partial charge in [-0.3, -0.25) is 4.79 Å². The second kappa shape index (κ2) is 9.29. The highest BCUT2D eigenvalue weighted by atomic mass is 32.1. The van der Waals surface area contributed by atoms with Crippen LogP contribution < -0.4 is 0 Å². The van der Waals surface area contributed by atoms with Crippen molar-refractivity contribution in [3.05, 3.63) is 70.5 Å². The summed E-state index contributed by atoms with van der Waals surface area (Å²) in [6, 6.07) is 13.7. The number of benzene rings is 1. The van der Waals surface area contributed by atoms with Gasteiger partial charge in [-0.1, -0.05) is 18.2 Å². The van der Waals surface area contributed by atoms with Gasteiger partial charge >= 0.3 is 0 Å². The van der Waals surface area contributed by atoms with Crippen molar-refractivity contribution in [2.75, 3.05) is 20.3 Å². The monoisotopic (exact) mass is 443 g/mol. The number of nitrogens with zero attached hydrogens (tertiary/aromatic N) is 3. The molecule has 154 valence electrons. The number of amides is 1. The third kappa shape index (κ3) is 4.64. The fourth-order valence-electron chi connectivity index (χ4n) is 2.81. The summed E-state index contributed by atoms with van der Waals surface area (Å²) in [5.74, 6) is 0.354. The van der Waals surface area contributed by atoms with Gasteiger partial charge in [-0.2, -0.15) is 0 Å². The van der Waals surface area contributed by atoms with Gasteiger partial charge in [0.2, 0.25) is 5.89 Å². The average molecular weight is 444 g/mol. The molecule has 0 aliphatic carbocycles. The molecule has 30 heavy (non-hydrogen) atoms.